The molecule has 0 aliphatic rings. The van der Waals surface area contributed by atoms with E-state index in [-0.39, 0.29) is 11.5 Å². The van der Waals surface area contributed by atoms with Crippen LogP contribution in [0.2, 0.25) is 0 Å². The molecule has 0 radical (unpaired) electrons. The zero-order chi connectivity index (χ0) is 21.7. The monoisotopic (exact) mass is 411 g/mol. The molecule has 1 aromatic rings. The Balaban J connectivity index is 1.87. The Kier molecular flexibility index (Phi) is 16.2. The lowest BCUT2D eigenvalue weighted by molar-refractivity contribution is 0.536. The summed E-state index contributed by atoms with van der Waals surface area (Å²) >= 11 is 0. The third-order valence-corrected chi connectivity index (χ3v) is 5.24. The zero-order valence-electron chi connectivity index (χ0n) is 19.1. The summed E-state index contributed by atoms with van der Waals surface area (Å²) in [5.41, 5.74) is 5.24. The van der Waals surface area contributed by atoms with Gasteiger partial charge in [0.25, 0.3) is 0 Å². The van der Waals surface area contributed by atoms with Crippen molar-refractivity contribution in [3.05, 3.63) is 22.7 Å². The highest BCUT2D eigenvalue weighted by Gasteiger charge is 1.98. The molecule has 0 aliphatic heterocycles. The van der Waals surface area contributed by atoms with Crippen molar-refractivity contribution in [1.82, 2.24) is 9.55 Å². The largest absolute Gasteiger partial charge is 0.383 e. The maximum Gasteiger partial charge on any atom is 0.349 e. The van der Waals surface area contributed by atoms with Crippen molar-refractivity contribution in [2.45, 2.75) is 116 Å². The van der Waals surface area contributed by atoms with E-state index in [4.69, 9.17) is 5.73 Å². The predicted octanol–water partition coefficient (Wildman–Crippen LogP) is 6.09. The smallest absolute Gasteiger partial charge is 0.349 e. The van der Waals surface area contributed by atoms with Crippen molar-refractivity contribution in [3.8, 4) is 23.7 Å². The maximum absolute atomic E-state index is 11.6. The van der Waals surface area contributed by atoms with E-state index in [9.17, 15) is 4.79 Å². The number of rotatable bonds is 16. The molecule has 0 aromatic carbocycles. The standard InChI is InChI=1S/C26H41N3O/c1-2-3-4-5-6-7-8-9-10-11-12-13-14-15-16-17-18-19-20-21-23-29-24-22-25(27)28-26(29)30/h22,24H,2-9,14-21,23H2,1H3,(H2,27,28,30). The third kappa shape index (κ3) is 14.7. The lowest BCUT2D eigenvalue weighted by Gasteiger charge is -2.05. The van der Waals surface area contributed by atoms with Gasteiger partial charge in [-0.1, -0.05) is 89.4 Å². The molecule has 30 heavy (non-hydrogen) atoms. The molecule has 0 bridgehead atoms. The maximum atomic E-state index is 11.6. The minimum atomic E-state index is -0.251. The average Bonchev–Trinajstić information content (AvgIpc) is 2.73. The number of hydrogen-bond donors (Lipinski definition) is 1. The minimum Gasteiger partial charge on any atom is -0.383 e. The molecule has 0 saturated heterocycles. The van der Waals surface area contributed by atoms with E-state index in [1.807, 2.05) is 0 Å². The van der Waals surface area contributed by atoms with E-state index in [0.717, 1.165) is 32.2 Å². The number of unbranched alkanes of at least 4 members (excludes halogenated alkanes) is 14. The number of nitrogen functional groups attached to an aromatic ring is 1. The molecule has 0 unspecified atom stereocenters. The molecule has 0 fully saturated rings. The minimum absolute atomic E-state index is 0.251. The molecule has 4 heteroatoms. The summed E-state index contributed by atoms with van der Waals surface area (Å²) in [5.74, 6) is 12.6. The number of anilines is 1. The highest BCUT2D eigenvalue weighted by atomic mass is 16.1. The summed E-state index contributed by atoms with van der Waals surface area (Å²) in [6.07, 6.45) is 21.3. The normalized spacial score (nSPS) is 10.2. The molecule has 0 atom stereocenters. The van der Waals surface area contributed by atoms with Gasteiger partial charge in [-0.3, -0.25) is 4.57 Å². The first-order valence-corrected chi connectivity index (χ1v) is 12.0. The highest BCUT2D eigenvalue weighted by Crippen LogP contribution is 2.09. The number of nitrogens with two attached hydrogens (primary N) is 1. The van der Waals surface area contributed by atoms with Gasteiger partial charge in [0.2, 0.25) is 0 Å². The topological polar surface area (TPSA) is 60.9 Å². The summed E-state index contributed by atoms with van der Waals surface area (Å²) in [5, 5.41) is 0. The van der Waals surface area contributed by atoms with Crippen LogP contribution in [0.5, 0.6) is 0 Å². The molecule has 0 aliphatic carbocycles. The van der Waals surface area contributed by atoms with Gasteiger partial charge in [0.1, 0.15) is 5.82 Å². The van der Waals surface area contributed by atoms with Gasteiger partial charge in [0, 0.05) is 25.6 Å². The number of aromatic nitrogens is 2. The van der Waals surface area contributed by atoms with Crippen molar-refractivity contribution in [2.75, 3.05) is 5.73 Å². The fraction of sp³-hybridized carbons (Fsp3) is 0.692. The van der Waals surface area contributed by atoms with Crippen LogP contribution in [0, 0.1) is 23.7 Å². The fourth-order valence-corrected chi connectivity index (χ4v) is 3.38. The summed E-state index contributed by atoms with van der Waals surface area (Å²) in [4.78, 5) is 15.4. The Morgan fingerprint density at radius 3 is 1.83 bits per heavy atom. The average molecular weight is 412 g/mol. The van der Waals surface area contributed by atoms with E-state index in [2.05, 4.69) is 35.6 Å². The lowest BCUT2D eigenvalue weighted by Crippen LogP contribution is -2.23. The fourth-order valence-electron chi connectivity index (χ4n) is 3.38. The second-order valence-corrected chi connectivity index (χ2v) is 8.03. The Labute approximate surface area is 184 Å². The molecule has 0 amide bonds. The Hall–Kier alpha value is -2.20. The first kappa shape index (κ1) is 25.8. The first-order valence-electron chi connectivity index (χ1n) is 12.0. The molecule has 4 nitrogen and oxygen atoms in total. The summed E-state index contributed by atoms with van der Waals surface area (Å²) in [6.45, 7) is 2.98. The van der Waals surface area contributed by atoms with Crippen molar-refractivity contribution in [1.29, 1.82) is 0 Å². The van der Waals surface area contributed by atoms with E-state index in [1.54, 1.807) is 16.8 Å². The van der Waals surface area contributed by atoms with Gasteiger partial charge in [0.05, 0.1) is 0 Å². The van der Waals surface area contributed by atoms with Crippen molar-refractivity contribution < 1.29 is 0 Å². The molecule has 1 aromatic heterocycles. The first-order chi connectivity index (χ1) is 14.7. The van der Waals surface area contributed by atoms with Gasteiger partial charge in [0.15, 0.2) is 0 Å². The van der Waals surface area contributed by atoms with Gasteiger partial charge < -0.3 is 5.73 Å². The second-order valence-electron chi connectivity index (χ2n) is 8.03. The molecule has 0 saturated carbocycles. The molecule has 0 spiro atoms. The van der Waals surface area contributed by atoms with Crippen LogP contribution in [0.15, 0.2) is 17.1 Å². The van der Waals surface area contributed by atoms with Crippen LogP contribution in [-0.4, -0.2) is 9.55 Å². The second kappa shape index (κ2) is 18.8. The van der Waals surface area contributed by atoms with Crippen molar-refractivity contribution >= 4 is 5.82 Å². The summed E-state index contributed by atoms with van der Waals surface area (Å²) < 4.78 is 1.63. The van der Waals surface area contributed by atoms with Crippen LogP contribution in [0.25, 0.3) is 0 Å². The van der Waals surface area contributed by atoms with Crippen LogP contribution >= 0.6 is 0 Å². The molecule has 1 heterocycles. The van der Waals surface area contributed by atoms with Gasteiger partial charge in [-0.25, -0.2) is 4.79 Å². The molecule has 1 rings (SSSR count). The molecule has 2 N–H and O–H groups in total. The van der Waals surface area contributed by atoms with E-state index in [1.165, 1.54) is 77.0 Å². The number of aryl methyl sites for hydroxylation is 1. The quantitative estimate of drug-likeness (QED) is 0.264. The van der Waals surface area contributed by atoms with E-state index in [0.29, 0.717) is 0 Å². The predicted molar refractivity (Wildman–Crippen MR) is 128 cm³/mol. The van der Waals surface area contributed by atoms with Crippen LogP contribution in [0.3, 0.4) is 0 Å². The summed E-state index contributed by atoms with van der Waals surface area (Å²) in [6, 6.07) is 1.67. The SMILES string of the molecule is CCCCCCCCCC#CC#CCCCCCCCCCn1ccc(N)nc1=O. The molecular weight excluding hydrogens is 370 g/mol. The highest BCUT2D eigenvalue weighted by molar-refractivity contribution is 5.25. The van der Waals surface area contributed by atoms with Crippen LogP contribution in [0.1, 0.15) is 110 Å². The Morgan fingerprint density at radius 1 is 0.800 bits per heavy atom. The Morgan fingerprint density at radius 2 is 1.30 bits per heavy atom. The van der Waals surface area contributed by atoms with Gasteiger partial charge >= 0.3 is 5.69 Å². The van der Waals surface area contributed by atoms with Gasteiger partial charge in [-0.05, 0) is 37.2 Å². The Bertz CT molecular complexity index is 730. The van der Waals surface area contributed by atoms with Crippen LogP contribution in [-0.2, 0) is 6.54 Å². The van der Waals surface area contributed by atoms with E-state index < -0.39 is 0 Å². The van der Waals surface area contributed by atoms with E-state index >= 15 is 0 Å². The van der Waals surface area contributed by atoms with Crippen molar-refractivity contribution in [2.24, 2.45) is 0 Å². The van der Waals surface area contributed by atoms with Gasteiger partial charge in [-0.2, -0.15) is 4.98 Å². The lowest BCUT2D eigenvalue weighted by atomic mass is 10.1. The van der Waals surface area contributed by atoms with Crippen LogP contribution in [0.4, 0.5) is 5.82 Å². The van der Waals surface area contributed by atoms with Crippen molar-refractivity contribution in [3.63, 3.8) is 0 Å². The molecular formula is C26H41N3O. The number of nitrogens with zero attached hydrogens (tertiary/aromatic N) is 2. The third-order valence-electron chi connectivity index (χ3n) is 5.24. The number of hydrogen-bond acceptors (Lipinski definition) is 3. The van der Waals surface area contributed by atoms with Crippen LogP contribution < -0.4 is 11.4 Å². The molecule has 166 valence electrons. The van der Waals surface area contributed by atoms with Gasteiger partial charge in [-0.15, -0.1) is 0 Å². The summed E-state index contributed by atoms with van der Waals surface area (Å²) in [7, 11) is 0. The zero-order valence-corrected chi connectivity index (χ0v) is 19.1.